The van der Waals surface area contributed by atoms with E-state index >= 15 is 0 Å². The summed E-state index contributed by atoms with van der Waals surface area (Å²) in [5.74, 6) is -0.147. The zero-order valence-corrected chi connectivity index (χ0v) is 18.0. The molecular formula is C22H25N3O7. The second-order valence-electron chi connectivity index (χ2n) is 6.25. The molecule has 0 aliphatic rings. The summed E-state index contributed by atoms with van der Waals surface area (Å²) in [7, 11) is 3.00. The summed E-state index contributed by atoms with van der Waals surface area (Å²) < 4.78 is 20.5. The minimum atomic E-state index is -0.575. The van der Waals surface area contributed by atoms with Crippen LogP contribution in [0.5, 0.6) is 17.2 Å². The molecule has 2 rings (SSSR count). The second kappa shape index (κ2) is 12.6. The number of nitrogens with zero attached hydrogens (tertiary/aromatic N) is 1. The fraction of sp³-hybridized carbons (Fsp3) is 0.273. The largest absolute Gasteiger partial charge is 0.497 e. The van der Waals surface area contributed by atoms with Gasteiger partial charge < -0.3 is 24.3 Å². The van der Waals surface area contributed by atoms with Gasteiger partial charge in [-0.05, 0) is 55.0 Å². The molecule has 0 spiro atoms. The van der Waals surface area contributed by atoms with E-state index in [9.17, 15) is 14.4 Å². The van der Waals surface area contributed by atoms with Crippen molar-refractivity contribution in [3.8, 4) is 17.2 Å². The molecule has 170 valence electrons. The molecule has 0 aliphatic carbocycles. The molecule has 0 fully saturated rings. The topological polar surface area (TPSA) is 125 Å². The van der Waals surface area contributed by atoms with Crippen LogP contribution < -0.4 is 25.0 Å². The Balaban J connectivity index is 1.84. The highest BCUT2D eigenvalue weighted by molar-refractivity contribution is 6.03. The summed E-state index contributed by atoms with van der Waals surface area (Å²) in [5, 5.41) is 6.45. The molecule has 2 N–H and O–H groups in total. The molecule has 0 saturated heterocycles. The number of anilines is 1. The maximum Gasteiger partial charge on any atom is 0.344 e. The third kappa shape index (κ3) is 7.98. The van der Waals surface area contributed by atoms with Crippen LogP contribution in [-0.2, 0) is 19.1 Å². The summed E-state index contributed by atoms with van der Waals surface area (Å²) >= 11 is 0. The number of esters is 1. The first-order chi connectivity index (χ1) is 15.4. The number of hydrogen-bond donors (Lipinski definition) is 2. The van der Waals surface area contributed by atoms with Gasteiger partial charge in [0.1, 0.15) is 12.2 Å². The zero-order chi connectivity index (χ0) is 23.3. The van der Waals surface area contributed by atoms with Gasteiger partial charge in [-0.15, -0.1) is 0 Å². The SMILES string of the molecule is CCOC(=O)COc1ccc(C=NNC(=O)CC(=O)Nc2ccc(OC)cc2)cc1OC. The van der Waals surface area contributed by atoms with E-state index in [1.807, 2.05) is 0 Å². The number of hydrazone groups is 1. The quantitative estimate of drug-likeness (QED) is 0.236. The molecule has 0 bridgehead atoms. The van der Waals surface area contributed by atoms with Gasteiger partial charge in [0, 0.05) is 5.69 Å². The number of methoxy groups -OCH3 is 2. The fourth-order valence-electron chi connectivity index (χ4n) is 2.47. The number of carbonyl (C=O) groups is 3. The molecule has 0 saturated carbocycles. The Morgan fingerprint density at radius 1 is 0.969 bits per heavy atom. The van der Waals surface area contributed by atoms with Crippen LogP contribution in [-0.4, -0.2) is 51.4 Å². The predicted molar refractivity (Wildman–Crippen MR) is 117 cm³/mol. The van der Waals surface area contributed by atoms with Crippen LogP contribution >= 0.6 is 0 Å². The number of ether oxygens (including phenoxy) is 4. The molecule has 10 heteroatoms. The first-order valence-corrected chi connectivity index (χ1v) is 9.67. The van der Waals surface area contributed by atoms with Crippen molar-refractivity contribution in [3.05, 3.63) is 48.0 Å². The Morgan fingerprint density at radius 3 is 2.38 bits per heavy atom. The Kier molecular flexibility index (Phi) is 9.51. The predicted octanol–water partition coefficient (Wildman–Crippen LogP) is 2.12. The first-order valence-electron chi connectivity index (χ1n) is 9.67. The zero-order valence-electron chi connectivity index (χ0n) is 18.0. The lowest BCUT2D eigenvalue weighted by molar-refractivity contribution is -0.145. The van der Waals surface area contributed by atoms with Crippen LogP contribution in [0.4, 0.5) is 5.69 Å². The highest BCUT2D eigenvalue weighted by Gasteiger charge is 2.10. The summed E-state index contributed by atoms with van der Waals surface area (Å²) in [6.07, 6.45) is 0.990. The van der Waals surface area contributed by atoms with Gasteiger partial charge in [0.15, 0.2) is 18.1 Å². The number of hydrogen-bond acceptors (Lipinski definition) is 8. The number of carbonyl (C=O) groups excluding carboxylic acids is 3. The van der Waals surface area contributed by atoms with Gasteiger partial charge in [-0.1, -0.05) is 0 Å². The average molecular weight is 443 g/mol. The lowest BCUT2D eigenvalue weighted by atomic mass is 10.2. The number of nitrogens with one attached hydrogen (secondary N) is 2. The van der Waals surface area contributed by atoms with E-state index in [0.717, 1.165) is 0 Å². The van der Waals surface area contributed by atoms with Crippen molar-refractivity contribution in [2.24, 2.45) is 5.10 Å². The van der Waals surface area contributed by atoms with E-state index in [4.69, 9.17) is 18.9 Å². The average Bonchev–Trinajstić information content (AvgIpc) is 2.78. The van der Waals surface area contributed by atoms with E-state index in [-0.39, 0.29) is 13.2 Å². The van der Waals surface area contributed by atoms with Crippen LogP contribution in [0.1, 0.15) is 18.9 Å². The maximum absolute atomic E-state index is 12.0. The molecule has 0 atom stereocenters. The molecule has 2 amide bonds. The van der Waals surface area contributed by atoms with Crippen LogP contribution in [0.15, 0.2) is 47.6 Å². The van der Waals surface area contributed by atoms with E-state index in [1.54, 1.807) is 56.5 Å². The molecule has 0 radical (unpaired) electrons. The smallest absolute Gasteiger partial charge is 0.344 e. The molecule has 0 unspecified atom stereocenters. The Morgan fingerprint density at radius 2 is 1.72 bits per heavy atom. The Hall–Kier alpha value is -4.08. The molecule has 10 nitrogen and oxygen atoms in total. The lowest BCUT2D eigenvalue weighted by Crippen LogP contribution is -2.24. The molecule has 2 aromatic carbocycles. The van der Waals surface area contributed by atoms with Crippen molar-refractivity contribution < 1.29 is 33.3 Å². The molecular weight excluding hydrogens is 418 g/mol. The number of rotatable bonds is 11. The van der Waals surface area contributed by atoms with Crippen molar-refractivity contribution >= 4 is 29.7 Å². The molecule has 0 aromatic heterocycles. The van der Waals surface area contributed by atoms with Crippen LogP contribution in [0.3, 0.4) is 0 Å². The van der Waals surface area contributed by atoms with Crippen LogP contribution in [0.25, 0.3) is 0 Å². The van der Waals surface area contributed by atoms with Gasteiger partial charge in [-0.2, -0.15) is 5.10 Å². The van der Waals surface area contributed by atoms with Crippen molar-refractivity contribution in [1.82, 2.24) is 5.43 Å². The van der Waals surface area contributed by atoms with E-state index in [2.05, 4.69) is 15.8 Å². The number of benzene rings is 2. The third-order valence-corrected chi connectivity index (χ3v) is 3.94. The van der Waals surface area contributed by atoms with E-state index < -0.39 is 24.2 Å². The van der Waals surface area contributed by atoms with Crippen LogP contribution in [0.2, 0.25) is 0 Å². The summed E-state index contributed by atoms with van der Waals surface area (Å²) in [6, 6.07) is 11.6. The van der Waals surface area contributed by atoms with Gasteiger partial charge in [-0.3, -0.25) is 9.59 Å². The summed E-state index contributed by atoms with van der Waals surface area (Å²) in [5.41, 5.74) is 3.44. The maximum atomic E-state index is 12.0. The Bertz CT molecular complexity index is 958. The number of amides is 2. The monoisotopic (exact) mass is 443 g/mol. The third-order valence-electron chi connectivity index (χ3n) is 3.94. The van der Waals surface area contributed by atoms with E-state index in [0.29, 0.717) is 28.5 Å². The first kappa shape index (κ1) is 24.2. The molecule has 0 aliphatic heterocycles. The van der Waals surface area contributed by atoms with Crippen molar-refractivity contribution in [3.63, 3.8) is 0 Å². The standard InChI is InChI=1S/C22H25N3O7/c1-4-31-22(28)14-32-18-10-5-15(11-19(18)30-3)13-23-25-21(27)12-20(26)24-16-6-8-17(29-2)9-7-16/h5-11,13H,4,12,14H2,1-3H3,(H,24,26)(H,25,27). The second-order valence-corrected chi connectivity index (χ2v) is 6.25. The van der Waals surface area contributed by atoms with Gasteiger partial charge >= 0.3 is 5.97 Å². The van der Waals surface area contributed by atoms with Crippen molar-refractivity contribution in [2.75, 3.05) is 32.8 Å². The van der Waals surface area contributed by atoms with E-state index in [1.165, 1.54) is 13.3 Å². The van der Waals surface area contributed by atoms with Gasteiger partial charge in [0.25, 0.3) is 0 Å². The Labute approximate surface area is 185 Å². The molecule has 0 heterocycles. The van der Waals surface area contributed by atoms with Gasteiger partial charge in [0.2, 0.25) is 11.8 Å². The van der Waals surface area contributed by atoms with Crippen LogP contribution in [0, 0.1) is 0 Å². The minimum absolute atomic E-state index is 0.244. The minimum Gasteiger partial charge on any atom is -0.497 e. The van der Waals surface area contributed by atoms with Gasteiger partial charge in [-0.25, -0.2) is 10.2 Å². The highest BCUT2D eigenvalue weighted by atomic mass is 16.6. The van der Waals surface area contributed by atoms with Gasteiger partial charge in [0.05, 0.1) is 27.0 Å². The molecule has 2 aromatic rings. The lowest BCUT2D eigenvalue weighted by Gasteiger charge is -2.10. The normalized spacial score (nSPS) is 10.3. The summed E-state index contributed by atoms with van der Waals surface area (Å²) in [6.45, 7) is 1.73. The summed E-state index contributed by atoms with van der Waals surface area (Å²) in [4.78, 5) is 35.3. The highest BCUT2D eigenvalue weighted by Crippen LogP contribution is 2.27. The fourth-order valence-corrected chi connectivity index (χ4v) is 2.47. The molecule has 32 heavy (non-hydrogen) atoms. The van der Waals surface area contributed by atoms with Crippen molar-refractivity contribution in [2.45, 2.75) is 13.3 Å². The van der Waals surface area contributed by atoms with Crippen molar-refractivity contribution in [1.29, 1.82) is 0 Å².